The fourth-order valence-corrected chi connectivity index (χ4v) is 2.95. The van der Waals surface area contributed by atoms with Crippen LogP contribution in [0.1, 0.15) is 88.0 Å². The molecule has 0 saturated carbocycles. The SMILES string of the molecule is CCCCCCCCCCCCCNC(=N)NC(=O)c1nc(Cl)c(N)nc1N. The predicted molar refractivity (Wildman–Crippen MR) is 116 cm³/mol. The lowest BCUT2D eigenvalue weighted by Crippen LogP contribution is -2.41. The number of amides is 1. The Balaban J connectivity index is 2.08. The van der Waals surface area contributed by atoms with Gasteiger partial charge in [-0.3, -0.25) is 15.5 Å². The third kappa shape index (κ3) is 9.73. The molecular weight excluding hydrogens is 378 g/mol. The minimum atomic E-state index is -0.650. The van der Waals surface area contributed by atoms with Crippen molar-refractivity contribution in [2.75, 3.05) is 18.0 Å². The zero-order chi connectivity index (χ0) is 20.8. The highest BCUT2D eigenvalue weighted by atomic mass is 35.5. The van der Waals surface area contributed by atoms with Crippen LogP contribution < -0.4 is 22.1 Å². The highest BCUT2D eigenvalue weighted by Gasteiger charge is 2.16. The minimum Gasteiger partial charge on any atom is -0.382 e. The number of unbranched alkanes of at least 4 members (excludes halogenated alkanes) is 10. The number of guanidine groups is 1. The topological polar surface area (TPSA) is 143 Å². The summed E-state index contributed by atoms with van der Waals surface area (Å²) in [7, 11) is 0. The van der Waals surface area contributed by atoms with Crippen LogP contribution in [-0.2, 0) is 0 Å². The molecule has 28 heavy (non-hydrogen) atoms. The average Bonchev–Trinajstić information content (AvgIpc) is 2.65. The molecule has 1 heterocycles. The lowest BCUT2D eigenvalue weighted by Gasteiger charge is -2.10. The van der Waals surface area contributed by atoms with E-state index in [1.165, 1.54) is 57.8 Å². The molecule has 0 atom stereocenters. The summed E-state index contributed by atoms with van der Waals surface area (Å²) in [6.07, 6.45) is 13.9. The van der Waals surface area contributed by atoms with Crippen LogP contribution >= 0.6 is 11.6 Å². The first-order valence-electron chi connectivity index (χ1n) is 10.2. The number of halogens is 1. The Kier molecular flexibility index (Phi) is 12.0. The quantitative estimate of drug-likeness (QED) is 0.189. The summed E-state index contributed by atoms with van der Waals surface area (Å²) >= 11 is 5.76. The largest absolute Gasteiger partial charge is 0.382 e. The summed E-state index contributed by atoms with van der Waals surface area (Å²) < 4.78 is 0. The van der Waals surface area contributed by atoms with Gasteiger partial charge in [-0.2, -0.15) is 0 Å². The van der Waals surface area contributed by atoms with Crippen molar-refractivity contribution in [1.29, 1.82) is 5.41 Å². The molecule has 0 bridgehead atoms. The van der Waals surface area contributed by atoms with Gasteiger partial charge in [-0.1, -0.05) is 82.7 Å². The standard InChI is InChI=1S/C19H34ClN7O/c1-2-3-4-5-6-7-8-9-10-11-12-13-24-19(23)27-18(28)14-16(21)26-17(22)15(20)25-14/h2-13H2,1H3,(H4,21,22,26)(H3,23,24,27,28). The van der Waals surface area contributed by atoms with Gasteiger partial charge in [-0.15, -0.1) is 0 Å². The van der Waals surface area contributed by atoms with Crippen molar-refractivity contribution >= 4 is 35.1 Å². The number of nitrogens with two attached hydrogens (primary N) is 2. The van der Waals surface area contributed by atoms with Gasteiger partial charge in [0.25, 0.3) is 5.91 Å². The minimum absolute atomic E-state index is 0.0413. The van der Waals surface area contributed by atoms with Crippen molar-refractivity contribution in [2.45, 2.75) is 77.6 Å². The molecule has 9 heteroatoms. The van der Waals surface area contributed by atoms with Crippen LogP contribution in [0.25, 0.3) is 0 Å². The molecule has 8 nitrogen and oxygen atoms in total. The molecule has 7 N–H and O–H groups in total. The summed E-state index contributed by atoms with van der Waals surface area (Å²) in [6.45, 7) is 2.87. The summed E-state index contributed by atoms with van der Waals surface area (Å²) in [5.74, 6) is -0.924. The van der Waals surface area contributed by atoms with Gasteiger partial charge >= 0.3 is 0 Å². The van der Waals surface area contributed by atoms with Crippen LogP contribution in [0, 0.1) is 5.41 Å². The normalized spacial score (nSPS) is 10.6. The van der Waals surface area contributed by atoms with Gasteiger partial charge < -0.3 is 16.8 Å². The molecule has 0 fully saturated rings. The predicted octanol–water partition coefficient (Wildman–Crippen LogP) is 3.86. The summed E-state index contributed by atoms with van der Waals surface area (Å²) in [6, 6.07) is 0. The summed E-state index contributed by atoms with van der Waals surface area (Å²) in [5.41, 5.74) is 10.9. The molecule has 0 aromatic carbocycles. The van der Waals surface area contributed by atoms with E-state index in [0.29, 0.717) is 6.54 Å². The van der Waals surface area contributed by atoms with Crippen molar-refractivity contribution in [1.82, 2.24) is 20.6 Å². The van der Waals surface area contributed by atoms with E-state index in [2.05, 4.69) is 27.5 Å². The summed E-state index contributed by atoms with van der Waals surface area (Å²) in [4.78, 5) is 19.6. The van der Waals surface area contributed by atoms with Crippen molar-refractivity contribution < 1.29 is 4.79 Å². The lowest BCUT2D eigenvalue weighted by atomic mass is 10.1. The van der Waals surface area contributed by atoms with Crippen LogP contribution in [0.3, 0.4) is 0 Å². The zero-order valence-electron chi connectivity index (χ0n) is 16.8. The number of aromatic nitrogens is 2. The van der Waals surface area contributed by atoms with Crippen LogP contribution in [0.4, 0.5) is 11.6 Å². The molecule has 0 aliphatic heterocycles. The number of nitrogens with one attached hydrogen (secondary N) is 3. The highest BCUT2D eigenvalue weighted by molar-refractivity contribution is 6.31. The Morgan fingerprint density at radius 2 is 1.46 bits per heavy atom. The number of hydrogen-bond acceptors (Lipinski definition) is 6. The number of carbonyl (C=O) groups is 1. The second kappa shape index (κ2) is 14.0. The molecule has 0 radical (unpaired) electrons. The van der Waals surface area contributed by atoms with Gasteiger partial charge in [0.05, 0.1) is 0 Å². The average molecular weight is 412 g/mol. The monoisotopic (exact) mass is 411 g/mol. The number of anilines is 2. The van der Waals surface area contributed by atoms with E-state index >= 15 is 0 Å². The molecule has 1 amide bonds. The third-order valence-electron chi connectivity index (χ3n) is 4.44. The van der Waals surface area contributed by atoms with Gasteiger partial charge in [-0.25, -0.2) is 9.97 Å². The molecule has 0 aliphatic rings. The van der Waals surface area contributed by atoms with Crippen LogP contribution in [-0.4, -0.2) is 28.4 Å². The fourth-order valence-electron chi connectivity index (χ4n) is 2.83. The Hall–Kier alpha value is -2.09. The van der Waals surface area contributed by atoms with Gasteiger partial charge in [0, 0.05) is 6.54 Å². The number of carbonyl (C=O) groups excluding carboxylic acids is 1. The van der Waals surface area contributed by atoms with E-state index < -0.39 is 5.91 Å². The second-order valence-corrected chi connectivity index (χ2v) is 7.28. The van der Waals surface area contributed by atoms with Crippen LogP contribution in [0.5, 0.6) is 0 Å². The number of hydrogen-bond donors (Lipinski definition) is 5. The molecule has 0 spiro atoms. The van der Waals surface area contributed by atoms with Crippen molar-refractivity contribution in [2.24, 2.45) is 0 Å². The van der Waals surface area contributed by atoms with E-state index in [1.807, 2.05) is 0 Å². The first-order valence-corrected chi connectivity index (χ1v) is 10.6. The van der Waals surface area contributed by atoms with E-state index in [1.54, 1.807) is 0 Å². The number of nitrogen functional groups attached to an aromatic ring is 2. The van der Waals surface area contributed by atoms with Crippen molar-refractivity contribution in [3.63, 3.8) is 0 Å². The Labute approximate surface area is 172 Å². The second-order valence-electron chi connectivity index (χ2n) is 6.92. The molecule has 1 rings (SSSR count). The smallest absolute Gasteiger partial charge is 0.280 e. The Morgan fingerprint density at radius 1 is 0.929 bits per heavy atom. The molecule has 0 saturated heterocycles. The van der Waals surface area contributed by atoms with Gasteiger partial charge in [0.2, 0.25) is 0 Å². The maximum Gasteiger partial charge on any atom is 0.280 e. The molecule has 0 unspecified atom stereocenters. The molecule has 0 aliphatic carbocycles. The highest BCUT2D eigenvalue weighted by Crippen LogP contribution is 2.17. The van der Waals surface area contributed by atoms with Crippen LogP contribution in [0.15, 0.2) is 0 Å². The van der Waals surface area contributed by atoms with E-state index in [4.69, 9.17) is 28.5 Å². The van der Waals surface area contributed by atoms with Gasteiger partial charge in [0.1, 0.15) is 0 Å². The Morgan fingerprint density at radius 3 is 2.04 bits per heavy atom. The Bertz CT molecular complexity index is 625. The third-order valence-corrected chi connectivity index (χ3v) is 4.72. The zero-order valence-corrected chi connectivity index (χ0v) is 17.6. The van der Waals surface area contributed by atoms with E-state index in [9.17, 15) is 4.79 Å². The van der Waals surface area contributed by atoms with E-state index in [-0.39, 0.29) is 28.4 Å². The fraction of sp³-hybridized carbons (Fsp3) is 0.684. The molecule has 1 aromatic heterocycles. The van der Waals surface area contributed by atoms with Crippen molar-refractivity contribution in [3.8, 4) is 0 Å². The number of nitrogens with zero attached hydrogens (tertiary/aromatic N) is 2. The van der Waals surface area contributed by atoms with Crippen LogP contribution in [0.2, 0.25) is 5.15 Å². The number of rotatable bonds is 13. The maximum absolute atomic E-state index is 12.1. The van der Waals surface area contributed by atoms with Gasteiger partial charge in [-0.05, 0) is 6.42 Å². The molecule has 158 valence electrons. The van der Waals surface area contributed by atoms with Crippen molar-refractivity contribution in [3.05, 3.63) is 10.8 Å². The first kappa shape index (κ1) is 23.9. The summed E-state index contributed by atoms with van der Waals surface area (Å²) in [5, 5.41) is 12.9. The van der Waals surface area contributed by atoms with Gasteiger partial charge in [0.15, 0.2) is 28.4 Å². The lowest BCUT2D eigenvalue weighted by molar-refractivity contribution is 0.0971. The van der Waals surface area contributed by atoms with E-state index in [0.717, 1.165) is 12.8 Å². The molecule has 1 aromatic rings. The molecular formula is C19H34ClN7O. The maximum atomic E-state index is 12.1. The first-order chi connectivity index (χ1) is 13.5.